The third-order valence-electron chi connectivity index (χ3n) is 2.25. The van der Waals surface area contributed by atoms with Gasteiger partial charge in [0.05, 0.1) is 5.69 Å². The van der Waals surface area contributed by atoms with Crippen LogP contribution in [0.5, 0.6) is 0 Å². The molecule has 3 heteroatoms. The Kier molecular flexibility index (Phi) is 2.13. The van der Waals surface area contributed by atoms with Gasteiger partial charge >= 0.3 is 0 Å². The highest BCUT2D eigenvalue weighted by Gasteiger charge is 2.25. The first-order valence-electron chi connectivity index (χ1n) is 4.63. The van der Waals surface area contributed by atoms with Crippen molar-refractivity contribution in [1.82, 2.24) is 9.78 Å². The van der Waals surface area contributed by atoms with Gasteiger partial charge in [0.25, 0.3) is 0 Å². The Morgan fingerprint density at radius 2 is 2.42 bits per heavy atom. The molecule has 0 bridgehead atoms. The van der Waals surface area contributed by atoms with E-state index in [1.54, 1.807) is 0 Å². The van der Waals surface area contributed by atoms with Crippen LogP contribution in [0, 0.1) is 0 Å². The van der Waals surface area contributed by atoms with Crippen LogP contribution in [0.15, 0.2) is 12.3 Å². The zero-order valence-corrected chi connectivity index (χ0v) is 7.24. The lowest BCUT2D eigenvalue weighted by Crippen LogP contribution is -2.06. The van der Waals surface area contributed by atoms with Crippen molar-refractivity contribution in [2.75, 3.05) is 6.54 Å². The molecule has 1 aromatic rings. The van der Waals surface area contributed by atoms with Gasteiger partial charge in [0.15, 0.2) is 0 Å². The number of aryl methyl sites for hydroxylation is 1. The second-order valence-electron chi connectivity index (χ2n) is 3.42. The first-order valence-corrected chi connectivity index (χ1v) is 4.63. The minimum absolute atomic E-state index is 0.749. The molecule has 1 saturated carbocycles. The lowest BCUT2D eigenvalue weighted by atomic mass is 10.3. The average Bonchev–Trinajstić information content (AvgIpc) is 2.83. The Labute approximate surface area is 72.6 Å². The Hall–Kier alpha value is -0.830. The normalized spacial score (nSPS) is 16.8. The molecular weight excluding hydrogens is 150 g/mol. The maximum atomic E-state index is 5.41. The summed E-state index contributed by atoms with van der Waals surface area (Å²) in [6.45, 7) is 1.71. The highest BCUT2D eigenvalue weighted by Crippen LogP contribution is 2.38. The summed E-state index contributed by atoms with van der Waals surface area (Å²) in [5.41, 5.74) is 6.68. The van der Waals surface area contributed by atoms with Gasteiger partial charge in [-0.1, -0.05) is 0 Å². The number of hydrogen-bond donors (Lipinski definition) is 1. The predicted octanol–water partition coefficient (Wildman–Crippen LogP) is 1.11. The van der Waals surface area contributed by atoms with Crippen molar-refractivity contribution in [2.45, 2.75) is 31.7 Å². The van der Waals surface area contributed by atoms with E-state index in [0.29, 0.717) is 0 Å². The summed E-state index contributed by atoms with van der Waals surface area (Å²) in [7, 11) is 0. The Morgan fingerprint density at radius 1 is 1.58 bits per heavy atom. The van der Waals surface area contributed by atoms with Crippen molar-refractivity contribution in [3.8, 4) is 0 Å². The van der Waals surface area contributed by atoms with E-state index in [0.717, 1.165) is 25.4 Å². The zero-order valence-electron chi connectivity index (χ0n) is 7.24. The molecular formula is C9H15N3. The van der Waals surface area contributed by atoms with Crippen LogP contribution in [0.25, 0.3) is 0 Å². The van der Waals surface area contributed by atoms with E-state index in [2.05, 4.69) is 17.4 Å². The maximum absolute atomic E-state index is 5.41. The molecule has 2 N–H and O–H groups in total. The van der Waals surface area contributed by atoms with Crippen LogP contribution >= 0.6 is 0 Å². The lowest BCUT2D eigenvalue weighted by Gasteiger charge is -1.97. The molecule has 3 nitrogen and oxygen atoms in total. The average molecular weight is 165 g/mol. The predicted molar refractivity (Wildman–Crippen MR) is 47.9 cm³/mol. The van der Waals surface area contributed by atoms with Gasteiger partial charge in [0.2, 0.25) is 0 Å². The number of rotatable bonds is 4. The molecule has 0 aliphatic heterocycles. The quantitative estimate of drug-likeness (QED) is 0.726. The molecule has 0 amide bonds. The van der Waals surface area contributed by atoms with Crippen molar-refractivity contribution >= 4 is 0 Å². The number of aromatic nitrogens is 2. The molecule has 12 heavy (non-hydrogen) atoms. The Bertz CT molecular complexity index is 250. The van der Waals surface area contributed by atoms with E-state index in [1.807, 2.05) is 4.68 Å². The fourth-order valence-corrected chi connectivity index (χ4v) is 1.35. The summed E-state index contributed by atoms with van der Waals surface area (Å²) in [5.74, 6) is 0.768. The molecule has 1 aliphatic carbocycles. The first kappa shape index (κ1) is 7.80. The lowest BCUT2D eigenvalue weighted by molar-refractivity contribution is 0.578. The molecule has 1 aliphatic rings. The third kappa shape index (κ3) is 1.67. The molecule has 1 fully saturated rings. The minimum atomic E-state index is 0.749. The molecule has 1 aromatic heterocycles. The Morgan fingerprint density at radius 3 is 3.08 bits per heavy atom. The number of hydrogen-bond acceptors (Lipinski definition) is 2. The van der Waals surface area contributed by atoms with Gasteiger partial charge in [-0.15, -0.1) is 0 Å². The Balaban J connectivity index is 1.93. The van der Waals surface area contributed by atoms with Gasteiger partial charge in [-0.2, -0.15) is 5.10 Å². The second kappa shape index (κ2) is 3.27. The van der Waals surface area contributed by atoms with Gasteiger partial charge in [0, 0.05) is 18.7 Å². The van der Waals surface area contributed by atoms with Crippen LogP contribution in [0.3, 0.4) is 0 Å². The van der Waals surface area contributed by atoms with Crippen molar-refractivity contribution in [3.05, 3.63) is 18.0 Å². The molecule has 2 rings (SSSR count). The maximum Gasteiger partial charge on any atom is 0.0655 e. The van der Waals surface area contributed by atoms with Crippen LogP contribution in [0.1, 0.15) is 30.9 Å². The van der Waals surface area contributed by atoms with E-state index in [9.17, 15) is 0 Å². The summed E-state index contributed by atoms with van der Waals surface area (Å²) in [5, 5.41) is 4.47. The highest BCUT2D eigenvalue weighted by atomic mass is 15.3. The van der Waals surface area contributed by atoms with Gasteiger partial charge in [-0.3, -0.25) is 4.68 Å². The van der Waals surface area contributed by atoms with Crippen molar-refractivity contribution in [1.29, 1.82) is 0 Å². The van der Waals surface area contributed by atoms with Crippen LogP contribution in [-0.2, 0) is 6.54 Å². The molecule has 0 atom stereocenters. The molecule has 0 radical (unpaired) electrons. The molecule has 0 aromatic carbocycles. The van der Waals surface area contributed by atoms with Crippen LogP contribution < -0.4 is 5.73 Å². The monoisotopic (exact) mass is 165 g/mol. The first-order chi connectivity index (χ1) is 5.90. The molecule has 0 unspecified atom stereocenters. The van der Waals surface area contributed by atoms with Gasteiger partial charge in [0.1, 0.15) is 0 Å². The molecule has 0 spiro atoms. The minimum Gasteiger partial charge on any atom is -0.330 e. The fourth-order valence-electron chi connectivity index (χ4n) is 1.35. The third-order valence-corrected chi connectivity index (χ3v) is 2.25. The van der Waals surface area contributed by atoms with Crippen molar-refractivity contribution in [2.24, 2.45) is 5.73 Å². The summed E-state index contributed by atoms with van der Waals surface area (Å²) in [4.78, 5) is 0. The van der Waals surface area contributed by atoms with Crippen LogP contribution in [0.4, 0.5) is 0 Å². The summed E-state index contributed by atoms with van der Waals surface area (Å²) < 4.78 is 2.00. The zero-order chi connectivity index (χ0) is 8.39. The fraction of sp³-hybridized carbons (Fsp3) is 0.667. The van der Waals surface area contributed by atoms with E-state index in [-0.39, 0.29) is 0 Å². The van der Waals surface area contributed by atoms with E-state index >= 15 is 0 Å². The van der Waals surface area contributed by atoms with Gasteiger partial charge in [-0.25, -0.2) is 0 Å². The number of nitrogens with zero attached hydrogens (tertiary/aromatic N) is 2. The standard InChI is InChI=1S/C9H15N3/c10-5-1-6-12-7-4-9(11-12)8-2-3-8/h4,7-8H,1-3,5-6,10H2. The topological polar surface area (TPSA) is 43.8 Å². The van der Waals surface area contributed by atoms with E-state index in [4.69, 9.17) is 5.73 Å². The largest absolute Gasteiger partial charge is 0.330 e. The van der Waals surface area contributed by atoms with Crippen molar-refractivity contribution < 1.29 is 0 Å². The van der Waals surface area contributed by atoms with Gasteiger partial charge in [-0.05, 0) is 31.9 Å². The summed E-state index contributed by atoms with van der Waals surface area (Å²) in [6.07, 6.45) is 5.73. The second-order valence-corrected chi connectivity index (χ2v) is 3.42. The van der Waals surface area contributed by atoms with Crippen LogP contribution in [-0.4, -0.2) is 16.3 Å². The summed E-state index contributed by atoms with van der Waals surface area (Å²) in [6, 6.07) is 2.13. The number of nitrogens with two attached hydrogens (primary N) is 1. The molecule has 66 valence electrons. The van der Waals surface area contributed by atoms with E-state index in [1.165, 1.54) is 18.5 Å². The highest BCUT2D eigenvalue weighted by molar-refractivity contribution is 5.12. The van der Waals surface area contributed by atoms with Gasteiger partial charge < -0.3 is 5.73 Å². The SMILES string of the molecule is NCCCn1ccc(C2CC2)n1. The van der Waals surface area contributed by atoms with E-state index < -0.39 is 0 Å². The molecule has 1 heterocycles. The molecule has 0 saturated heterocycles. The van der Waals surface area contributed by atoms with Crippen LogP contribution in [0.2, 0.25) is 0 Å². The van der Waals surface area contributed by atoms with Crippen molar-refractivity contribution in [3.63, 3.8) is 0 Å². The smallest absolute Gasteiger partial charge is 0.0655 e. The summed E-state index contributed by atoms with van der Waals surface area (Å²) >= 11 is 0.